The highest BCUT2D eigenvalue weighted by Gasteiger charge is 2.17. The molecule has 3 aromatic rings. The minimum absolute atomic E-state index is 0.0170. The van der Waals surface area contributed by atoms with Gasteiger partial charge in [0.1, 0.15) is 17.0 Å². The van der Waals surface area contributed by atoms with Crippen LogP contribution in [0.5, 0.6) is 5.75 Å². The Morgan fingerprint density at radius 3 is 2.72 bits per heavy atom. The predicted octanol–water partition coefficient (Wildman–Crippen LogP) is 2.59. The van der Waals surface area contributed by atoms with Crippen molar-refractivity contribution in [2.24, 2.45) is 0 Å². The molecule has 0 saturated carbocycles. The Labute approximate surface area is 172 Å². The van der Waals surface area contributed by atoms with Gasteiger partial charge in [0.25, 0.3) is 5.56 Å². The molecule has 0 saturated heterocycles. The normalized spacial score (nSPS) is 12.1. The Morgan fingerprint density at radius 2 is 2.00 bits per heavy atom. The van der Waals surface area contributed by atoms with E-state index in [0.717, 1.165) is 12.0 Å². The number of aromatic nitrogens is 2. The lowest BCUT2D eigenvalue weighted by Crippen LogP contribution is -2.43. The van der Waals surface area contributed by atoms with Crippen molar-refractivity contribution in [1.82, 2.24) is 14.5 Å². The standard InChI is InChI=1S/C21H25N3O4S/c1-4-14(3)22-18(25)13-23-17-9-10-29-19(17)20(26)24(21(23)27)12-15-7-6-8-16(11-15)28-5-2/h6-11,14H,4-5,12-13H2,1-3H3,(H,22,25)/t14-/m0/s1. The lowest BCUT2D eigenvalue weighted by molar-refractivity contribution is -0.122. The van der Waals surface area contributed by atoms with Crippen LogP contribution in [0.2, 0.25) is 0 Å². The van der Waals surface area contributed by atoms with Gasteiger partial charge in [-0.2, -0.15) is 0 Å². The molecular formula is C21H25N3O4S. The zero-order chi connectivity index (χ0) is 21.0. The van der Waals surface area contributed by atoms with Gasteiger partial charge in [0, 0.05) is 6.04 Å². The largest absolute Gasteiger partial charge is 0.494 e. The van der Waals surface area contributed by atoms with E-state index in [9.17, 15) is 14.4 Å². The van der Waals surface area contributed by atoms with Crippen LogP contribution in [0, 0.1) is 0 Å². The third-order valence-corrected chi connectivity index (χ3v) is 5.60. The van der Waals surface area contributed by atoms with Crippen molar-refractivity contribution in [2.75, 3.05) is 6.61 Å². The summed E-state index contributed by atoms with van der Waals surface area (Å²) in [7, 11) is 0. The zero-order valence-electron chi connectivity index (χ0n) is 16.8. The van der Waals surface area contributed by atoms with Crippen molar-refractivity contribution in [2.45, 2.75) is 46.3 Å². The van der Waals surface area contributed by atoms with Crippen LogP contribution in [0.4, 0.5) is 0 Å². The average molecular weight is 416 g/mol. The van der Waals surface area contributed by atoms with Crippen molar-refractivity contribution >= 4 is 27.5 Å². The van der Waals surface area contributed by atoms with E-state index in [1.165, 1.54) is 20.5 Å². The lowest BCUT2D eigenvalue weighted by Gasteiger charge is -2.15. The summed E-state index contributed by atoms with van der Waals surface area (Å²) in [5.41, 5.74) is 0.424. The van der Waals surface area contributed by atoms with Gasteiger partial charge in [-0.05, 0) is 49.4 Å². The minimum Gasteiger partial charge on any atom is -0.494 e. The van der Waals surface area contributed by atoms with Gasteiger partial charge in [0.05, 0.1) is 18.7 Å². The molecule has 8 heteroatoms. The molecule has 0 aliphatic heterocycles. The highest BCUT2D eigenvalue weighted by molar-refractivity contribution is 7.17. The number of carbonyl (C=O) groups is 1. The number of thiophene rings is 1. The fourth-order valence-corrected chi connectivity index (χ4v) is 3.92. The molecule has 154 valence electrons. The molecule has 2 aromatic heterocycles. The van der Waals surface area contributed by atoms with Crippen LogP contribution in [0.1, 0.15) is 32.8 Å². The predicted molar refractivity (Wildman–Crippen MR) is 115 cm³/mol. The number of benzene rings is 1. The number of nitrogens with one attached hydrogen (secondary N) is 1. The van der Waals surface area contributed by atoms with Crippen LogP contribution in [0.25, 0.3) is 10.2 Å². The van der Waals surface area contributed by atoms with E-state index in [-0.39, 0.29) is 30.6 Å². The van der Waals surface area contributed by atoms with Gasteiger partial charge in [-0.15, -0.1) is 11.3 Å². The van der Waals surface area contributed by atoms with Crippen molar-refractivity contribution in [3.8, 4) is 5.75 Å². The summed E-state index contributed by atoms with van der Waals surface area (Å²) in [5.74, 6) is 0.431. The van der Waals surface area contributed by atoms with Gasteiger partial charge in [-0.1, -0.05) is 19.1 Å². The molecule has 0 unspecified atom stereocenters. The SMILES string of the molecule is CCOc1cccc(Cn2c(=O)c3sccc3n(CC(=O)N[C@@H](C)CC)c2=O)c1. The van der Waals surface area contributed by atoms with E-state index in [0.29, 0.717) is 22.6 Å². The Morgan fingerprint density at radius 1 is 1.21 bits per heavy atom. The number of hydrogen-bond acceptors (Lipinski definition) is 5. The van der Waals surface area contributed by atoms with E-state index in [1.807, 2.05) is 45.0 Å². The van der Waals surface area contributed by atoms with Gasteiger partial charge in [0.2, 0.25) is 5.91 Å². The van der Waals surface area contributed by atoms with Crippen LogP contribution in [0.3, 0.4) is 0 Å². The second-order valence-electron chi connectivity index (χ2n) is 6.85. The summed E-state index contributed by atoms with van der Waals surface area (Å²) in [6.07, 6.45) is 0.796. The van der Waals surface area contributed by atoms with Crippen molar-refractivity contribution in [3.05, 3.63) is 62.1 Å². The highest BCUT2D eigenvalue weighted by atomic mass is 32.1. The van der Waals surface area contributed by atoms with Crippen LogP contribution in [-0.2, 0) is 17.9 Å². The Hall–Kier alpha value is -2.87. The number of amides is 1. The van der Waals surface area contributed by atoms with E-state index >= 15 is 0 Å². The van der Waals surface area contributed by atoms with Crippen LogP contribution >= 0.6 is 11.3 Å². The molecule has 0 aliphatic carbocycles. The average Bonchev–Trinajstić information content (AvgIpc) is 3.19. The van der Waals surface area contributed by atoms with Gasteiger partial charge >= 0.3 is 5.69 Å². The van der Waals surface area contributed by atoms with E-state index in [2.05, 4.69) is 5.32 Å². The number of nitrogens with zero attached hydrogens (tertiary/aromatic N) is 2. The molecule has 0 fully saturated rings. The van der Waals surface area contributed by atoms with Crippen molar-refractivity contribution < 1.29 is 9.53 Å². The fourth-order valence-electron chi connectivity index (χ4n) is 3.07. The van der Waals surface area contributed by atoms with Crippen LogP contribution < -0.4 is 21.3 Å². The Bertz CT molecular complexity index is 1130. The van der Waals surface area contributed by atoms with Gasteiger partial charge < -0.3 is 10.1 Å². The van der Waals surface area contributed by atoms with Crippen LogP contribution in [-0.4, -0.2) is 27.7 Å². The topological polar surface area (TPSA) is 82.3 Å². The molecule has 1 amide bonds. The molecule has 3 rings (SSSR count). The maximum atomic E-state index is 13.1. The summed E-state index contributed by atoms with van der Waals surface area (Å²) >= 11 is 1.27. The third kappa shape index (κ3) is 4.59. The molecule has 29 heavy (non-hydrogen) atoms. The molecule has 2 heterocycles. The summed E-state index contributed by atoms with van der Waals surface area (Å²) < 4.78 is 8.52. The zero-order valence-corrected chi connectivity index (χ0v) is 17.6. The molecule has 1 aromatic carbocycles. The first-order valence-electron chi connectivity index (χ1n) is 9.66. The number of rotatable bonds is 8. The summed E-state index contributed by atoms with van der Waals surface area (Å²) in [6.45, 7) is 6.29. The molecule has 0 bridgehead atoms. The first kappa shape index (κ1) is 20.9. The minimum atomic E-state index is -0.498. The molecule has 7 nitrogen and oxygen atoms in total. The number of ether oxygens (including phenoxy) is 1. The van der Waals surface area contributed by atoms with E-state index < -0.39 is 5.69 Å². The molecule has 0 aliphatic rings. The summed E-state index contributed by atoms with van der Waals surface area (Å²) in [5, 5.41) is 4.63. The van der Waals surface area contributed by atoms with Gasteiger partial charge in [-0.25, -0.2) is 4.79 Å². The highest BCUT2D eigenvalue weighted by Crippen LogP contribution is 2.17. The van der Waals surface area contributed by atoms with E-state index in [4.69, 9.17) is 4.74 Å². The first-order valence-corrected chi connectivity index (χ1v) is 10.5. The second-order valence-corrected chi connectivity index (χ2v) is 7.77. The van der Waals surface area contributed by atoms with Crippen molar-refractivity contribution in [1.29, 1.82) is 0 Å². The maximum absolute atomic E-state index is 13.1. The number of carbonyl (C=O) groups excluding carboxylic acids is 1. The summed E-state index contributed by atoms with van der Waals surface area (Å²) in [6, 6.07) is 9.03. The van der Waals surface area contributed by atoms with Crippen molar-refractivity contribution in [3.63, 3.8) is 0 Å². The maximum Gasteiger partial charge on any atom is 0.332 e. The van der Waals surface area contributed by atoms with E-state index in [1.54, 1.807) is 11.4 Å². The van der Waals surface area contributed by atoms with Gasteiger partial charge in [0.15, 0.2) is 0 Å². The molecular weight excluding hydrogens is 390 g/mol. The number of hydrogen-bond donors (Lipinski definition) is 1. The quantitative estimate of drug-likeness (QED) is 0.613. The second kappa shape index (κ2) is 9.09. The first-order chi connectivity index (χ1) is 13.9. The molecule has 0 spiro atoms. The lowest BCUT2D eigenvalue weighted by atomic mass is 10.2. The number of fused-ring (bicyclic) bond motifs is 1. The van der Waals surface area contributed by atoms with Crippen LogP contribution in [0.15, 0.2) is 45.3 Å². The molecule has 1 atom stereocenters. The summed E-state index contributed by atoms with van der Waals surface area (Å²) in [4.78, 5) is 38.4. The molecule has 1 N–H and O–H groups in total. The Balaban J connectivity index is 2.02. The molecule has 0 radical (unpaired) electrons. The Kier molecular flexibility index (Phi) is 6.53. The smallest absolute Gasteiger partial charge is 0.332 e. The van der Waals surface area contributed by atoms with Gasteiger partial charge in [-0.3, -0.25) is 18.7 Å². The fraction of sp³-hybridized carbons (Fsp3) is 0.381. The monoisotopic (exact) mass is 415 g/mol. The third-order valence-electron chi connectivity index (χ3n) is 4.71.